The van der Waals surface area contributed by atoms with Crippen LogP contribution >= 0.6 is 23.2 Å². The molecule has 2 aromatic rings. The summed E-state index contributed by atoms with van der Waals surface area (Å²) in [4.78, 5) is 26.3. The van der Waals surface area contributed by atoms with E-state index in [-0.39, 0.29) is 17.4 Å². The highest BCUT2D eigenvalue weighted by molar-refractivity contribution is 6.35. The number of aromatic nitrogens is 2. The lowest BCUT2D eigenvalue weighted by atomic mass is 10.2. The third-order valence-electron chi connectivity index (χ3n) is 2.15. The standard InChI is InChI=1S/C10H6Cl2N2O2/c11-7-3-1-2-6-8(7)13-10(12)14(4-5-15)9(6)16/h1-3,5H,4H2. The predicted octanol–water partition coefficient (Wildman–Crippen LogP) is 1.90. The summed E-state index contributed by atoms with van der Waals surface area (Å²) >= 11 is 11.7. The number of carbonyl (C=O) groups excluding carboxylic acids is 1. The van der Waals surface area contributed by atoms with Crippen molar-refractivity contribution in [3.8, 4) is 0 Å². The van der Waals surface area contributed by atoms with Crippen molar-refractivity contribution in [2.24, 2.45) is 0 Å². The molecule has 0 radical (unpaired) electrons. The van der Waals surface area contributed by atoms with Crippen LogP contribution in [0.15, 0.2) is 23.0 Å². The predicted molar refractivity (Wildman–Crippen MR) is 62.1 cm³/mol. The van der Waals surface area contributed by atoms with Gasteiger partial charge in [-0.3, -0.25) is 9.36 Å². The van der Waals surface area contributed by atoms with E-state index in [1.165, 1.54) is 0 Å². The molecule has 82 valence electrons. The SMILES string of the molecule is O=CCn1c(Cl)nc2c(Cl)cccc2c1=O. The third-order valence-corrected chi connectivity index (χ3v) is 2.74. The molecular weight excluding hydrogens is 251 g/mol. The Morgan fingerprint density at radius 1 is 1.38 bits per heavy atom. The maximum Gasteiger partial charge on any atom is 0.262 e. The molecule has 1 aromatic heterocycles. The first-order valence-corrected chi connectivity index (χ1v) is 5.19. The van der Waals surface area contributed by atoms with Gasteiger partial charge in [0.25, 0.3) is 5.56 Å². The molecule has 0 unspecified atom stereocenters. The van der Waals surface area contributed by atoms with Crippen LogP contribution in [0.1, 0.15) is 0 Å². The molecule has 4 nitrogen and oxygen atoms in total. The Morgan fingerprint density at radius 3 is 2.81 bits per heavy atom. The van der Waals surface area contributed by atoms with Gasteiger partial charge in [0.05, 0.1) is 22.5 Å². The fourth-order valence-corrected chi connectivity index (χ4v) is 1.86. The maximum atomic E-state index is 11.9. The zero-order valence-electron chi connectivity index (χ0n) is 7.98. The number of nitrogens with zero attached hydrogens (tertiary/aromatic N) is 2. The Balaban J connectivity index is 2.89. The van der Waals surface area contributed by atoms with Crippen molar-refractivity contribution in [3.05, 3.63) is 38.9 Å². The van der Waals surface area contributed by atoms with Gasteiger partial charge in [0.2, 0.25) is 5.28 Å². The number of fused-ring (bicyclic) bond motifs is 1. The van der Waals surface area contributed by atoms with Crippen molar-refractivity contribution in [1.29, 1.82) is 0 Å². The smallest absolute Gasteiger partial charge is 0.262 e. The van der Waals surface area contributed by atoms with E-state index in [9.17, 15) is 9.59 Å². The minimum atomic E-state index is -0.371. The first kappa shape index (κ1) is 11.1. The van der Waals surface area contributed by atoms with Crippen LogP contribution in [0.4, 0.5) is 0 Å². The van der Waals surface area contributed by atoms with E-state index in [4.69, 9.17) is 23.2 Å². The van der Waals surface area contributed by atoms with Crippen LogP contribution < -0.4 is 5.56 Å². The second-order valence-electron chi connectivity index (χ2n) is 3.10. The third kappa shape index (κ3) is 1.70. The number of rotatable bonds is 2. The lowest BCUT2D eigenvalue weighted by Crippen LogP contribution is -2.22. The second kappa shape index (κ2) is 4.23. The fourth-order valence-electron chi connectivity index (χ4n) is 1.42. The van der Waals surface area contributed by atoms with Gasteiger partial charge >= 0.3 is 0 Å². The summed E-state index contributed by atoms with van der Waals surface area (Å²) in [5, 5.41) is 0.659. The van der Waals surface area contributed by atoms with Gasteiger partial charge in [-0.25, -0.2) is 4.98 Å². The van der Waals surface area contributed by atoms with E-state index >= 15 is 0 Å². The fraction of sp³-hybridized carbons (Fsp3) is 0.100. The highest BCUT2D eigenvalue weighted by atomic mass is 35.5. The van der Waals surface area contributed by atoms with E-state index in [0.29, 0.717) is 22.2 Å². The Labute approximate surface area is 100 Å². The van der Waals surface area contributed by atoms with Crippen LogP contribution in [0.25, 0.3) is 10.9 Å². The van der Waals surface area contributed by atoms with Gasteiger partial charge in [-0.2, -0.15) is 0 Å². The molecule has 0 aliphatic heterocycles. The van der Waals surface area contributed by atoms with Gasteiger partial charge in [0.1, 0.15) is 6.29 Å². The molecule has 0 N–H and O–H groups in total. The monoisotopic (exact) mass is 256 g/mol. The van der Waals surface area contributed by atoms with E-state index in [1.54, 1.807) is 18.2 Å². The molecule has 0 bridgehead atoms. The van der Waals surface area contributed by atoms with Crippen molar-refractivity contribution < 1.29 is 4.79 Å². The number of hydrogen-bond acceptors (Lipinski definition) is 3. The molecule has 0 atom stereocenters. The largest absolute Gasteiger partial charge is 0.301 e. The summed E-state index contributed by atoms with van der Waals surface area (Å²) < 4.78 is 1.09. The zero-order valence-corrected chi connectivity index (χ0v) is 9.50. The molecule has 0 fully saturated rings. The molecular formula is C10H6Cl2N2O2. The first-order valence-electron chi connectivity index (χ1n) is 4.43. The van der Waals surface area contributed by atoms with Gasteiger partial charge in [-0.05, 0) is 23.7 Å². The van der Waals surface area contributed by atoms with Crippen LogP contribution in [-0.2, 0) is 11.3 Å². The number of aldehydes is 1. The van der Waals surface area contributed by atoms with Gasteiger partial charge in [0.15, 0.2) is 0 Å². The molecule has 0 saturated carbocycles. The van der Waals surface area contributed by atoms with Crippen LogP contribution in [0, 0.1) is 0 Å². The van der Waals surface area contributed by atoms with Crippen LogP contribution in [-0.4, -0.2) is 15.8 Å². The Morgan fingerprint density at radius 2 is 2.12 bits per heavy atom. The summed E-state index contributed by atoms with van der Waals surface area (Å²) in [5.41, 5.74) is -0.0223. The van der Waals surface area contributed by atoms with Crippen LogP contribution in [0.2, 0.25) is 10.3 Å². The molecule has 0 aliphatic rings. The van der Waals surface area contributed by atoms with E-state index < -0.39 is 0 Å². The minimum absolute atomic E-state index is 0.0438. The molecule has 0 spiro atoms. The quantitative estimate of drug-likeness (QED) is 0.609. The average Bonchev–Trinajstić information content (AvgIpc) is 2.26. The number of carbonyl (C=O) groups is 1. The summed E-state index contributed by atoms with van der Waals surface area (Å²) in [7, 11) is 0. The van der Waals surface area contributed by atoms with Gasteiger partial charge in [-0.1, -0.05) is 17.7 Å². The van der Waals surface area contributed by atoms with Crippen molar-refractivity contribution in [2.75, 3.05) is 0 Å². The lowest BCUT2D eigenvalue weighted by molar-refractivity contribution is -0.108. The Bertz CT molecular complexity index is 622. The molecule has 6 heteroatoms. The summed E-state index contributed by atoms with van der Waals surface area (Å²) in [5.74, 6) is 0. The average molecular weight is 257 g/mol. The highest BCUT2D eigenvalue weighted by Crippen LogP contribution is 2.20. The summed E-state index contributed by atoms with van der Waals surface area (Å²) in [6.07, 6.45) is 0.589. The molecule has 0 aliphatic carbocycles. The second-order valence-corrected chi connectivity index (χ2v) is 3.84. The summed E-state index contributed by atoms with van der Waals surface area (Å²) in [6, 6.07) is 4.86. The molecule has 0 amide bonds. The number of halogens is 2. The van der Waals surface area contributed by atoms with Gasteiger partial charge < -0.3 is 4.79 Å². The van der Waals surface area contributed by atoms with Crippen LogP contribution in [0.3, 0.4) is 0 Å². The molecule has 16 heavy (non-hydrogen) atoms. The molecule has 1 heterocycles. The topological polar surface area (TPSA) is 52.0 Å². The van der Waals surface area contributed by atoms with Crippen molar-refractivity contribution in [3.63, 3.8) is 0 Å². The lowest BCUT2D eigenvalue weighted by Gasteiger charge is -2.06. The number of para-hydroxylation sites is 1. The molecule has 1 aromatic carbocycles. The number of hydrogen-bond donors (Lipinski definition) is 0. The van der Waals surface area contributed by atoms with Crippen LogP contribution in [0.5, 0.6) is 0 Å². The normalized spacial score (nSPS) is 10.6. The zero-order chi connectivity index (χ0) is 11.7. The summed E-state index contributed by atoms with van der Waals surface area (Å²) in [6.45, 7) is -0.118. The number of benzene rings is 1. The molecule has 2 rings (SSSR count). The van der Waals surface area contributed by atoms with Crippen molar-refractivity contribution >= 4 is 40.4 Å². The van der Waals surface area contributed by atoms with Gasteiger partial charge in [-0.15, -0.1) is 0 Å². The Hall–Kier alpha value is -1.39. The van der Waals surface area contributed by atoms with E-state index in [2.05, 4.69) is 4.98 Å². The Kier molecular flexibility index (Phi) is 2.94. The highest BCUT2D eigenvalue weighted by Gasteiger charge is 2.10. The maximum absolute atomic E-state index is 11.9. The van der Waals surface area contributed by atoms with Crippen molar-refractivity contribution in [2.45, 2.75) is 6.54 Å². The van der Waals surface area contributed by atoms with E-state index in [1.807, 2.05) is 0 Å². The van der Waals surface area contributed by atoms with E-state index in [0.717, 1.165) is 4.57 Å². The van der Waals surface area contributed by atoms with Crippen molar-refractivity contribution in [1.82, 2.24) is 9.55 Å². The van der Waals surface area contributed by atoms with Gasteiger partial charge in [0, 0.05) is 0 Å². The molecule has 0 saturated heterocycles. The minimum Gasteiger partial charge on any atom is -0.301 e. The first-order chi connectivity index (χ1) is 7.65.